The van der Waals surface area contributed by atoms with Gasteiger partial charge in [0.2, 0.25) is 5.91 Å². The fourth-order valence-corrected chi connectivity index (χ4v) is 7.06. The van der Waals surface area contributed by atoms with E-state index >= 15 is 0 Å². The van der Waals surface area contributed by atoms with Crippen molar-refractivity contribution in [3.63, 3.8) is 0 Å². The van der Waals surface area contributed by atoms with Gasteiger partial charge in [0, 0.05) is 17.4 Å². The maximum Gasteiger partial charge on any atom is 0.353 e. The summed E-state index contributed by atoms with van der Waals surface area (Å²) in [5.41, 5.74) is 6.10. The zero-order valence-electron chi connectivity index (χ0n) is 20.2. The number of β-lactam (4-membered cyclic amide) rings is 1. The lowest BCUT2D eigenvalue weighted by Crippen LogP contribution is -2.60. The number of hydrogen-bond donors (Lipinski definition) is 5. The van der Waals surface area contributed by atoms with Crippen LogP contribution in [0.2, 0.25) is 0 Å². The lowest BCUT2D eigenvalue weighted by atomic mass is 9.96. The smallest absolute Gasteiger partial charge is 0.353 e. The largest absolute Gasteiger partial charge is 0.477 e. The van der Waals surface area contributed by atoms with Crippen molar-refractivity contribution < 1.29 is 39.0 Å². The molecule has 2 unspecified atom stereocenters. The van der Waals surface area contributed by atoms with Crippen LogP contribution in [0.1, 0.15) is 18.5 Å². The standard InChI is InChI=1S/C22H28N6O7S2/c1-28(7-5-13(29)14(30)10-28)6-3-4-12-19(20(33)34)27-17(32)8-18(27)37-22(12,15-11-36-21(23)25-15)26-16(31)9-24-35-2/h3-4,9,11,13-14,18,29-30H,5-8,10H2,1-2H3,(H3-,23,25,26,31,33,34)/p+1/t13?,14-,18+,22?,28-/m1/s1. The van der Waals surface area contributed by atoms with Crippen LogP contribution in [0.4, 0.5) is 5.13 Å². The molecule has 3 aliphatic heterocycles. The van der Waals surface area contributed by atoms with Crippen molar-refractivity contribution >= 4 is 52.2 Å². The van der Waals surface area contributed by atoms with Gasteiger partial charge in [-0.2, -0.15) is 0 Å². The molecule has 0 radical (unpaired) electrons. The number of fused-ring (bicyclic) bond motifs is 1. The number of piperidine rings is 1. The molecule has 200 valence electrons. The summed E-state index contributed by atoms with van der Waals surface area (Å²) in [7, 11) is 3.21. The minimum atomic E-state index is -1.49. The number of nitrogens with zero attached hydrogens (tertiary/aromatic N) is 4. The highest BCUT2D eigenvalue weighted by Crippen LogP contribution is 2.54. The number of hydrogen-bond acceptors (Lipinski definition) is 11. The molecular weight excluding hydrogens is 524 g/mol. The van der Waals surface area contributed by atoms with Crippen LogP contribution in [0.15, 0.2) is 34.0 Å². The summed E-state index contributed by atoms with van der Waals surface area (Å²) in [5.74, 6) is -2.34. The first-order chi connectivity index (χ1) is 17.5. The van der Waals surface area contributed by atoms with Gasteiger partial charge < -0.3 is 35.7 Å². The number of oxime groups is 1. The highest BCUT2D eigenvalue weighted by Gasteiger charge is 2.56. The van der Waals surface area contributed by atoms with Crippen molar-refractivity contribution in [1.82, 2.24) is 15.2 Å². The molecule has 6 N–H and O–H groups in total. The third kappa shape index (κ3) is 5.22. The Hall–Kier alpha value is -2.98. The van der Waals surface area contributed by atoms with E-state index in [1.807, 2.05) is 7.05 Å². The Morgan fingerprint density at radius 1 is 1.43 bits per heavy atom. The number of aliphatic hydroxyl groups excluding tert-OH is 2. The van der Waals surface area contributed by atoms with Crippen molar-refractivity contribution in [1.29, 1.82) is 0 Å². The molecular formula is C22H29N6O7S2+. The summed E-state index contributed by atoms with van der Waals surface area (Å²) in [5, 5.41) is 37.9. The number of thioether (sulfide) groups is 1. The Balaban J connectivity index is 1.81. The Morgan fingerprint density at radius 2 is 2.19 bits per heavy atom. The maximum absolute atomic E-state index is 12.8. The van der Waals surface area contributed by atoms with E-state index in [4.69, 9.17) is 5.73 Å². The third-order valence-electron chi connectivity index (χ3n) is 6.62. The summed E-state index contributed by atoms with van der Waals surface area (Å²) in [6.07, 6.45) is 3.10. The van der Waals surface area contributed by atoms with Crippen molar-refractivity contribution in [2.45, 2.75) is 35.3 Å². The molecule has 15 heteroatoms. The van der Waals surface area contributed by atoms with Crippen molar-refractivity contribution in [2.24, 2.45) is 5.16 Å². The van der Waals surface area contributed by atoms with Crippen LogP contribution in [-0.2, 0) is 24.1 Å². The van der Waals surface area contributed by atoms with E-state index < -0.39 is 34.3 Å². The number of carbonyl (C=O) groups is 3. The number of likely N-dealkylation sites (tertiary alicyclic amines) is 1. The van der Waals surface area contributed by atoms with E-state index in [0.29, 0.717) is 36.2 Å². The molecule has 1 aromatic rings. The number of thiazole rings is 1. The number of carboxylic acid groups (broad SMARTS) is 1. The first-order valence-corrected chi connectivity index (χ1v) is 13.2. The Bertz CT molecular complexity index is 1190. The van der Waals surface area contributed by atoms with Crippen molar-refractivity contribution in [3.05, 3.63) is 34.5 Å². The monoisotopic (exact) mass is 553 g/mol. The molecule has 3 aliphatic rings. The van der Waals surface area contributed by atoms with E-state index in [1.54, 1.807) is 17.5 Å². The van der Waals surface area contributed by atoms with Gasteiger partial charge in [-0.1, -0.05) is 23.0 Å². The lowest BCUT2D eigenvalue weighted by molar-refractivity contribution is -0.913. The van der Waals surface area contributed by atoms with Gasteiger partial charge in [-0.05, 0) is 6.08 Å². The van der Waals surface area contributed by atoms with E-state index in [-0.39, 0.29) is 28.7 Å². The third-order valence-corrected chi connectivity index (χ3v) is 8.83. The molecule has 4 heterocycles. The zero-order chi connectivity index (χ0) is 27.0. The summed E-state index contributed by atoms with van der Waals surface area (Å²) >= 11 is 2.32. The number of carbonyl (C=O) groups excluding carboxylic acids is 2. The summed E-state index contributed by atoms with van der Waals surface area (Å²) in [4.78, 5) is 46.5. The molecule has 1 aromatic heterocycles. The Morgan fingerprint density at radius 3 is 2.78 bits per heavy atom. The number of aromatic nitrogens is 1. The second-order valence-electron chi connectivity index (χ2n) is 9.30. The average Bonchev–Trinajstić information content (AvgIpc) is 3.27. The zero-order valence-corrected chi connectivity index (χ0v) is 21.9. The van der Waals surface area contributed by atoms with Gasteiger partial charge in [0.25, 0.3) is 5.91 Å². The van der Waals surface area contributed by atoms with Crippen LogP contribution < -0.4 is 11.1 Å². The molecule has 2 amide bonds. The normalized spacial score (nSPS) is 31.9. The second kappa shape index (κ2) is 10.4. The molecule has 0 aromatic carbocycles. The maximum atomic E-state index is 12.8. The highest BCUT2D eigenvalue weighted by atomic mass is 32.2. The number of aliphatic carboxylic acids is 1. The summed E-state index contributed by atoms with van der Waals surface area (Å²) < 4.78 is 0.409. The summed E-state index contributed by atoms with van der Waals surface area (Å²) in [6, 6.07) is 0. The molecule has 5 atom stereocenters. The van der Waals surface area contributed by atoms with Gasteiger partial charge in [0.15, 0.2) is 10.0 Å². The first-order valence-electron chi connectivity index (χ1n) is 11.4. The number of likely N-dealkylation sites (N-methyl/N-ethyl adjacent to an activating group) is 1. The van der Waals surface area contributed by atoms with E-state index in [0.717, 1.165) is 17.6 Å². The van der Waals surface area contributed by atoms with Crippen LogP contribution in [0.25, 0.3) is 0 Å². The quantitative estimate of drug-likeness (QED) is 0.120. The Labute approximate surface area is 220 Å². The number of nitrogens with two attached hydrogens (primary N) is 1. The Kier molecular flexibility index (Phi) is 7.62. The number of amides is 2. The van der Waals surface area contributed by atoms with Gasteiger partial charge in [0.05, 0.1) is 43.7 Å². The second-order valence-corrected chi connectivity index (χ2v) is 11.6. The molecule has 0 spiro atoms. The number of rotatable bonds is 8. The molecule has 0 bridgehead atoms. The first kappa shape index (κ1) is 27.1. The van der Waals surface area contributed by atoms with Gasteiger partial charge >= 0.3 is 5.97 Å². The highest BCUT2D eigenvalue weighted by molar-refractivity contribution is 8.01. The molecule has 2 saturated heterocycles. The fraction of sp³-hybridized carbons (Fsp3) is 0.500. The minimum absolute atomic E-state index is 0.0943. The number of carboxylic acids is 1. The van der Waals surface area contributed by atoms with E-state index in [1.165, 1.54) is 23.8 Å². The van der Waals surface area contributed by atoms with Crippen LogP contribution in [0.5, 0.6) is 0 Å². The number of nitrogens with one attached hydrogen (secondary N) is 1. The lowest BCUT2D eigenvalue weighted by Gasteiger charge is -2.50. The molecule has 0 aliphatic carbocycles. The van der Waals surface area contributed by atoms with Gasteiger partial charge in [-0.25, -0.2) is 9.78 Å². The predicted molar refractivity (Wildman–Crippen MR) is 136 cm³/mol. The van der Waals surface area contributed by atoms with Crippen molar-refractivity contribution in [3.8, 4) is 0 Å². The van der Waals surface area contributed by atoms with E-state index in [9.17, 15) is 29.7 Å². The molecule has 13 nitrogen and oxygen atoms in total. The SMILES string of the molecule is CON=CC(=O)NC1(c2csc(N)n2)S[C@H]2CC(=O)N2C(C(=O)O)=C1C=CC[N@+]1(C)CCC(O)[C@H](O)C1. The fourth-order valence-electron chi connectivity index (χ4n) is 4.74. The van der Waals surface area contributed by atoms with Crippen LogP contribution >= 0.6 is 23.1 Å². The average molecular weight is 554 g/mol. The van der Waals surface area contributed by atoms with Gasteiger partial charge in [0.1, 0.15) is 31.7 Å². The number of anilines is 1. The summed E-state index contributed by atoms with van der Waals surface area (Å²) in [6.45, 7) is 1.32. The number of nitrogen functional groups attached to an aromatic ring is 1. The van der Waals surface area contributed by atoms with Crippen LogP contribution in [0.3, 0.4) is 0 Å². The molecule has 37 heavy (non-hydrogen) atoms. The van der Waals surface area contributed by atoms with Gasteiger partial charge in [-0.3, -0.25) is 14.5 Å². The number of quaternary nitrogens is 1. The molecule has 0 saturated carbocycles. The predicted octanol–water partition coefficient (Wildman–Crippen LogP) is -0.601. The van der Waals surface area contributed by atoms with Gasteiger partial charge in [-0.15, -0.1) is 11.3 Å². The molecule has 2 fully saturated rings. The van der Waals surface area contributed by atoms with Crippen LogP contribution in [0, 0.1) is 0 Å². The minimum Gasteiger partial charge on any atom is -0.477 e. The van der Waals surface area contributed by atoms with Crippen LogP contribution in [-0.4, -0.2) is 105 Å². The van der Waals surface area contributed by atoms with Crippen molar-refractivity contribution in [2.75, 3.05) is 39.5 Å². The van der Waals surface area contributed by atoms with E-state index in [2.05, 4.69) is 20.3 Å². The number of aliphatic hydroxyl groups is 2. The topological polar surface area (TPSA) is 188 Å². The molecule has 4 rings (SSSR count).